The van der Waals surface area contributed by atoms with Gasteiger partial charge in [-0.25, -0.2) is 0 Å². The van der Waals surface area contributed by atoms with Gasteiger partial charge in [0.25, 0.3) is 0 Å². The summed E-state index contributed by atoms with van der Waals surface area (Å²) in [6.07, 6.45) is 4.06. The highest BCUT2D eigenvalue weighted by Crippen LogP contribution is 2.23. The highest BCUT2D eigenvalue weighted by atomic mass is 16.5. The SMILES string of the molecule is CCCCCOc1ccccc1NC=O. The van der Waals surface area contributed by atoms with E-state index < -0.39 is 0 Å². The Balaban J connectivity index is 2.47. The zero-order chi connectivity index (χ0) is 10.9. The third-order valence-corrected chi connectivity index (χ3v) is 2.11. The lowest BCUT2D eigenvalue weighted by Gasteiger charge is -2.09. The molecule has 0 aliphatic carbocycles. The second-order valence-corrected chi connectivity index (χ2v) is 3.31. The van der Waals surface area contributed by atoms with Gasteiger partial charge in [-0.1, -0.05) is 31.9 Å². The van der Waals surface area contributed by atoms with E-state index in [9.17, 15) is 4.79 Å². The van der Waals surface area contributed by atoms with Crippen molar-refractivity contribution in [3.05, 3.63) is 24.3 Å². The quantitative estimate of drug-likeness (QED) is 0.551. The lowest BCUT2D eigenvalue weighted by atomic mass is 10.2. The molecule has 0 atom stereocenters. The van der Waals surface area contributed by atoms with Gasteiger partial charge >= 0.3 is 0 Å². The first kappa shape index (κ1) is 11.6. The molecule has 0 fully saturated rings. The molecular formula is C12H17NO2. The Bertz CT molecular complexity index is 299. The lowest BCUT2D eigenvalue weighted by molar-refractivity contribution is -0.105. The molecule has 0 saturated heterocycles. The third kappa shape index (κ3) is 4.02. The first-order valence-corrected chi connectivity index (χ1v) is 5.30. The molecule has 0 radical (unpaired) electrons. The molecule has 0 spiro atoms. The fraction of sp³-hybridized carbons (Fsp3) is 0.417. The van der Waals surface area contributed by atoms with Gasteiger partial charge in [0, 0.05) is 0 Å². The van der Waals surface area contributed by atoms with Crippen LogP contribution in [0.25, 0.3) is 0 Å². The topological polar surface area (TPSA) is 38.3 Å². The molecule has 0 aliphatic rings. The molecule has 0 bridgehead atoms. The zero-order valence-electron chi connectivity index (χ0n) is 9.03. The summed E-state index contributed by atoms with van der Waals surface area (Å²) in [7, 11) is 0. The number of anilines is 1. The van der Waals surface area contributed by atoms with Gasteiger partial charge in [0.05, 0.1) is 12.3 Å². The standard InChI is InChI=1S/C12H17NO2/c1-2-3-6-9-15-12-8-5-4-7-11(12)13-10-14/h4-5,7-8,10H,2-3,6,9H2,1H3,(H,13,14). The molecule has 1 aromatic rings. The van der Waals surface area contributed by atoms with Crippen LogP contribution in [-0.2, 0) is 4.79 Å². The molecule has 82 valence electrons. The van der Waals surface area contributed by atoms with E-state index in [1.165, 1.54) is 12.8 Å². The fourth-order valence-electron chi connectivity index (χ4n) is 1.31. The monoisotopic (exact) mass is 207 g/mol. The van der Waals surface area contributed by atoms with E-state index in [1.807, 2.05) is 24.3 Å². The Morgan fingerprint density at radius 2 is 2.13 bits per heavy atom. The van der Waals surface area contributed by atoms with Crippen molar-refractivity contribution in [3.63, 3.8) is 0 Å². The molecule has 1 amide bonds. The van der Waals surface area contributed by atoms with E-state index in [2.05, 4.69) is 12.2 Å². The Labute approximate surface area is 90.4 Å². The minimum absolute atomic E-state index is 0.661. The van der Waals surface area contributed by atoms with Gasteiger partial charge in [0.1, 0.15) is 5.75 Å². The number of benzene rings is 1. The maximum atomic E-state index is 10.3. The number of carbonyl (C=O) groups is 1. The summed E-state index contributed by atoms with van der Waals surface area (Å²) in [4.78, 5) is 10.3. The van der Waals surface area contributed by atoms with Gasteiger partial charge in [0.2, 0.25) is 6.41 Å². The highest BCUT2D eigenvalue weighted by Gasteiger charge is 2.00. The van der Waals surface area contributed by atoms with Gasteiger partial charge in [-0.3, -0.25) is 4.79 Å². The maximum Gasteiger partial charge on any atom is 0.211 e. The van der Waals surface area contributed by atoms with Gasteiger partial charge < -0.3 is 10.1 Å². The van der Waals surface area contributed by atoms with Crippen molar-refractivity contribution < 1.29 is 9.53 Å². The molecule has 3 nitrogen and oxygen atoms in total. The fourth-order valence-corrected chi connectivity index (χ4v) is 1.31. The van der Waals surface area contributed by atoms with E-state index in [1.54, 1.807) is 0 Å². The van der Waals surface area contributed by atoms with Crippen molar-refractivity contribution >= 4 is 12.1 Å². The molecule has 3 heteroatoms. The van der Waals surface area contributed by atoms with E-state index >= 15 is 0 Å². The predicted octanol–water partition coefficient (Wildman–Crippen LogP) is 2.82. The van der Waals surface area contributed by atoms with Crippen LogP contribution in [0.5, 0.6) is 5.75 Å². The second-order valence-electron chi connectivity index (χ2n) is 3.31. The van der Waals surface area contributed by atoms with Crippen molar-refractivity contribution in [2.24, 2.45) is 0 Å². The van der Waals surface area contributed by atoms with E-state index in [4.69, 9.17) is 4.74 Å². The molecule has 0 unspecified atom stereocenters. The minimum Gasteiger partial charge on any atom is -0.491 e. The van der Waals surface area contributed by atoms with E-state index in [0.717, 1.165) is 17.9 Å². The van der Waals surface area contributed by atoms with Crippen LogP contribution < -0.4 is 10.1 Å². The van der Waals surface area contributed by atoms with Crippen LogP contribution >= 0.6 is 0 Å². The molecule has 0 aliphatic heterocycles. The minimum atomic E-state index is 0.661. The largest absolute Gasteiger partial charge is 0.491 e. The summed E-state index contributed by atoms with van der Waals surface area (Å²) in [5, 5.41) is 2.61. The molecule has 0 heterocycles. The summed E-state index contributed by atoms with van der Waals surface area (Å²) in [5.41, 5.74) is 0.726. The number of carbonyl (C=O) groups excluding carboxylic acids is 1. The first-order chi connectivity index (χ1) is 7.38. The summed E-state index contributed by atoms with van der Waals surface area (Å²) in [5.74, 6) is 0.737. The summed E-state index contributed by atoms with van der Waals surface area (Å²) in [6.45, 7) is 2.85. The van der Waals surface area contributed by atoms with Gasteiger partial charge in [-0.2, -0.15) is 0 Å². The van der Waals surface area contributed by atoms with Crippen molar-refractivity contribution in [3.8, 4) is 5.75 Å². The summed E-state index contributed by atoms with van der Waals surface area (Å²) in [6, 6.07) is 7.44. The molecule has 1 N–H and O–H groups in total. The number of rotatable bonds is 7. The molecule has 0 saturated carbocycles. The number of nitrogens with one attached hydrogen (secondary N) is 1. The number of unbranched alkanes of at least 4 members (excludes halogenated alkanes) is 2. The van der Waals surface area contributed by atoms with Crippen LogP contribution in [0.4, 0.5) is 5.69 Å². The normalized spacial score (nSPS) is 9.67. The van der Waals surface area contributed by atoms with Gasteiger partial charge in [0.15, 0.2) is 0 Å². The summed E-state index contributed by atoms with van der Waals surface area (Å²) >= 11 is 0. The number of ether oxygens (including phenoxy) is 1. The van der Waals surface area contributed by atoms with Crippen LogP contribution in [0.15, 0.2) is 24.3 Å². The Kier molecular flexibility index (Phi) is 5.30. The molecular weight excluding hydrogens is 190 g/mol. The van der Waals surface area contributed by atoms with Crippen molar-refractivity contribution in [2.45, 2.75) is 26.2 Å². The van der Waals surface area contributed by atoms with Crippen LogP contribution in [0, 0.1) is 0 Å². The molecule has 0 aromatic heterocycles. The van der Waals surface area contributed by atoms with Crippen LogP contribution in [-0.4, -0.2) is 13.0 Å². The van der Waals surface area contributed by atoms with Gasteiger partial charge in [-0.15, -0.1) is 0 Å². The number of amides is 1. The third-order valence-electron chi connectivity index (χ3n) is 2.11. The second kappa shape index (κ2) is 6.87. The Hall–Kier alpha value is -1.51. The average molecular weight is 207 g/mol. The number of hydrogen-bond donors (Lipinski definition) is 1. The molecule has 1 rings (SSSR count). The Morgan fingerprint density at radius 1 is 1.33 bits per heavy atom. The number of hydrogen-bond acceptors (Lipinski definition) is 2. The first-order valence-electron chi connectivity index (χ1n) is 5.30. The van der Waals surface area contributed by atoms with E-state index in [0.29, 0.717) is 13.0 Å². The summed E-state index contributed by atoms with van der Waals surface area (Å²) < 4.78 is 5.57. The number of para-hydroxylation sites is 2. The lowest BCUT2D eigenvalue weighted by Crippen LogP contribution is -2.01. The van der Waals surface area contributed by atoms with Crippen LogP contribution in [0.2, 0.25) is 0 Å². The van der Waals surface area contributed by atoms with Crippen molar-refractivity contribution in [2.75, 3.05) is 11.9 Å². The smallest absolute Gasteiger partial charge is 0.211 e. The highest BCUT2D eigenvalue weighted by molar-refractivity contribution is 5.75. The molecule has 1 aromatic carbocycles. The average Bonchev–Trinajstić information content (AvgIpc) is 2.27. The maximum absolute atomic E-state index is 10.3. The van der Waals surface area contributed by atoms with Gasteiger partial charge in [-0.05, 0) is 18.6 Å². The van der Waals surface area contributed by atoms with Crippen molar-refractivity contribution in [1.82, 2.24) is 0 Å². The Morgan fingerprint density at radius 3 is 2.87 bits per heavy atom. The van der Waals surface area contributed by atoms with Crippen LogP contribution in [0.1, 0.15) is 26.2 Å². The zero-order valence-corrected chi connectivity index (χ0v) is 9.03. The van der Waals surface area contributed by atoms with Crippen LogP contribution in [0.3, 0.4) is 0 Å². The molecule has 15 heavy (non-hydrogen) atoms. The predicted molar refractivity (Wildman–Crippen MR) is 61.1 cm³/mol. The van der Waals surface area contributed by atoms with Crippen molar-refractivity contribution in [1.29, 1.82) is 0 Å². The van der Waals surface area contributed by atoms with E-state index in [-0.39, 0.29) is 0 Å².